The molecule has 0 bridgehead atoms. The van der Waals surface area contributed by atoms with Crippen molar-refractivity contribution < 1.29 is 23.0 Å². The number of carbonyl (C=O) groups is 1. The smallest absolute Gasteiger partial charge is 0.336 e. The molecule has 1 heterocycles. The molecule has 1 aliphatic carbocycles. The molecule has 0 aromatic heterocycles. The van der Waals surface area contributed by atoms with E-state index in [2.05, 4.69) is 11.4 Å². The Labute approximate surface area is 162 Å². The Hall–Kier alpha value is -2.88. The molecule has 0 radical (unpaired) electrons. The second kappa shape index (κ2) is 8.01. The average Bonchev–Trinajstić information content (AvgIpc) is 3.51. The summed E-state index contributed by atoms with van der Waals surface area (Å²) in [4.78, 5) is 12.7. The maximum atomic E-state index is 14.4. The first-order valence-corrected chi connectivity index (χ1v) is 9.14. The SMILES string of the molecule is COC(=O)C1=C(CCC2CC2)NC(C)=C(C#N)C1c1ccc(F)c(F)c1OC. The number of hydrogen-bond acceptors (Lipinski definition) is 5. The minimum absolute atomic E-state index is 0.211. The van der Waals surface area contributed by atoms with E-state index in [-0.39, 0.29) is 22.5 Å². The zero-order chi connectivity index (χ0) is 20.4. The maximum absolute atomic E-state index is 14.4. The van der Waals surface area contributed by atoms with Gasteiger partial charge in [-0.15, -0.1) is 0 Å². The summed E-state index contributed by atoms with van der Waals surface area (Å²) in [5.41, 5.74) is 1.89. The van der Waals surface area contributed by atoms with Crippen LogP contribution in [0.5, 0.6) is 5.75 Å². The van der Waals surface area contributed by atoms with E-state index in [4.69, 9.17) is 9.47 Å². The quantitative estimate of drug-likeness (QED) is 0.744. The number of methoxy groups -OCH3 is 2. The van der Waals surface area contributed by atoms with Crippen LogP contribution in [0.1, 0.15) is 44.1 Å². The van der Waals surface area contributed by atoms with Crippen molar-refractivity contribution >= 4 is 5.97 Å². The number of nitrogens with one attached hydrogen (secondary N) is 1. The molecule has 1 aromatic rings. The van der Waals surface area contributed by atoms with Crippen molar-refractivity contribution in [2.75, 3.05) is 14.2 Å². The molecule has 1 aromatic carbocycles. The van der Waals surface area contributed by atoms with E-state index in [9.17, 15) is 18.8 Å². The Bertz CT molecular complexity index is 911. The molecule has 1 fully saturated rings. The van der Waals surface area contributed by atoms with Crippen molar-refractivity contribution in [3.05, 3.63) is 51.9 Å². The predicted molar refractivity (Wildman–Crippen MR) is 98.1 cm³/mol. The molecule has 2 aliphatic rings. The number of dihydropyridines is 1. The fraction of sp³-hybridized carbons (Fsp3) is 0.429. The van der Waals surface area contributed by atoms with Crippen LogP contribution in [0.25, 0.3) is 0 Å². The summed E-state index contributed by atoms with van der Waals surface area (Å²) in [6.45, 7) is 1.73. The lowest BCUT2D eigenvalue weighted by Gasteiger charge is -2.30. The summed E-state index contributed by atoms with van der Waals surface area (Å²) in [5, 5.41) is 12.9. The second-order valence-corrected chi connectivity index (χ2v) is 7.06. The second-order valence-electron chi connectivity index (χ2n) is 7.06. The Morgan fingerprint density at radius 1 is 1.32 bits per heavy atom. The third-order valence-electron chi connectivity index (χ3n) is 5.27. The Morgan fingerprint density at radius 3 is 2.61 bits per heavy atom. The van der Waals surface area contributed by atoms with Crippen molar-refractivity contribution in [2.45, 2.75) is 38.5 Å². The molecule has 5 nitrogen and oxygen atoms in total. The molecule has 1 N–H and O–H groups in total. The molecule has 7 heteroatoms. The highest BCUT2D eigenvalue weighted by Crippen LogP contribution is 2.44. The number of hydrogen-bond donors (Lipinski definition) is 1. The van der Waals surface area contributed by atoms with Crippen molar-refractivity contribution in [3.8, 4) is 11.8 Å². The largest absolute Gasteiger partial charge is 0.493 e. The summed E-state index contributed by atoms with van der Waals surface area (Å²) in [5.74, 6) is -3.43. The summed E-state index contributed by atoms with van der Waals surface area (Å²) in [6.07, 6.45) is 3.84. The van der Waals surface area contributed by atoms with Gasteiger partial charge in [0, 0.05) is 17.0 Å². The van der Waals surface area contributed by atoms with Crippen molar-refractivity contribution in [2.24, 2.45) is 5.92 Å². The van der Waals surface area contributed by atoms with Crippen molar-refractivity contribution in [1.82, 2.24) is 5.32 Å². The van der Waals surface area contributed by atoms with Crippen LogP contribution in [-0.4, -0.2) is 20.2 Å². The van der Waals surface area contributed by atoms with Gasteiger partial charge in [0.05, 0.1) is 37.4 Å². The summed E-state index contributed by atoms with van der Waals surface area (Å²) in [7, 11) is 2.48. The fourth-order valence-electron chi connectivity index (χ4n) is 3.64. The summed E-state index contributed by atoms with van der Waals surface area (Å²) < 4.78 is 38.2. The van der Waals surface area contributed by atoms with Crippen LogP contribution < -0.4 is 10.1 Å². The van der Waals surface area contributed by atoms with Crippen LogP contribution in [0.4, 0.5) is 8.78 Å². The van der Waals surface area contributed by atoms with Crippen LogP contribution in [-0.2, 0) is 9.53 Å². The van der Waals surface area contributed by atoms with Gasteiger partial charge in [-0.05, 0) is 31.7 Å². The predicted octanol–water partition coefficient (Wildman–Crippen LogP) is 4.08. The Kier molecular flexibility index (Phi) is 5.68. The number of rotatable bonds is 6. The van der Waals surface area contributed by atoms with E-state index in [1.54, 1.807) is 6.92 Å². The number of benzene rings is 1. The van der Waals surface area contributed by atoms with Gasteiger partial charge in [0.25, 0.3) is 0 Å². The van der Waals surface area contributed by atoms with E-state index in [0.29, 0.717) is 23.7 Å². The minimum Gasteiger partial charge on any atom is -0.493 e. The van der Waals surface area contributed by atoms with E-state index in [1.807, 2.05) is 0 Å². The monoisotopic (exact) mass is 388 g/mol. The van der Waals surface area contributed by atoms with Crippen molar-refractivity contribution in [3.63, 3.8) is 0 Å². The van der Waals surface area contributed by atoms with Gasteiger partial charge in [-0.25, -0.2) is 9.18 Å². The molecule has 0 amide bonds. The van der Waals surface area contributed by atoms with Crippen LogP contribution in [0.2, 0.25) is 0 Å². The Balaban J connectivity index is 2.19. The topological polar surface area (TPSA) is 71.3 Å². The first-order valence-electron chi connectivity index (χ1n) is 9.14. The molecule has 1 atom stereocenters. The lowest BCUT2D eigenvalue weighted by Crippen LogP contribution is -2.30. The van der Waals surface area contributed by atoms with Gasteiger partial charge >= 0.3 is 5.97 Å². The van der Waals surface area contributed by atoms with Gasteiger partial charge in [0.15, 0.2) is 11.6 Å². The zero-order valence-corrected chi connectivity index (χ0v) is 16.1. The van der Waals surface area contributed by atoms with E-state index in [1.165, 1.54) is 33.1 Å². The lowest BCUT2D eigenvalue weighted by molar-refractivity contribution is -0.136. The highest BCUT2D eigenvalue weighted by molar-refractivity contribution is 5.93. The fourth-order valence-corrected chi connectivity index (χ4v) is 3.64. The molecular formula is C21H22F2N2O3. The minimum atomic E-state index is -1.16. The van der Waals surface area contributed by atoms with Gasteiger partial charge in [-0.1, -0.05) is 18.9 Å². The van der Waals surface area contributed by atoms with Crippen LogP contribution in [0.3, 0.4) is 0 Å². The third kappa shape index (κ3) is 3.59. The highest BCUT2D eigenvalue weighted by Gasteiger charge is 2.38. The molecule has 1 aliphatic heterocycles. The van der Waals surface area contributed by atoms with Gasteiger partial charge in [0.1, 0.15) is 0 Å². The number of esters is 1. The van der Waals surface area contributed by atoms with Gasteiger partial charge < -0.3 is 14.8 Å². The molecule has 1 unspecified atom stereocenters. The van der Waals surface area contributed by atoms with Gasteiger partial charge in [-0.3, -0.25) is 0 Å². The summed E-state index contributed by atoms with van der Waals surface area (Å²) >= 11 is 0. The van der Waals surface area contributed by atoms with Crippen LogP contribution in [0, 0.1) is 28.9 Å². The molecule has 28 heavy (non-hydrogen) atoms. The van der Waals surface area contributed by atoms with Crippen LogP contribution in [0.15, 0.2) is 34.7 Å². The average molecular weight is 388 g/mol. The first-order chi connectivity index (χ1) is 13.4. The van der Waals surface area contributed by atoms with E-state index < -0.39 is 23.5 Å². The van der Waals surface area contributed by atoms with Gasteiger partial charge in [-0.2, -0.15) is 9.65 Å². The number of ether oxygens (including phenoxy) is 2. The molecule has 3 rings (SSSR count). The lowest BCUT2D eigenvalue weighted by atomic mass is 9.79. The summed E-state index contributed by atoms with van der Waals surface area (Å²) in [6, 6.07) is 4.41. The number of nitriles is 1. The van der Waals surface area contributed by atoms with Gasteiger partial charge in [0.2, 0.25) is 5.82 Å². The first kappa shape index (κ1) is 19.9. The van der Waals surface area contributed by atoms with Crippen LogP contribution >= 0.6 is 0 Å². The maximum Gasteiger partial charge on any atom is 0.336 e. The van der Waals surface area contributed by atoms with Crippen molar-refractivity contribution in [1.29, 1.82) is 5.26 Å². The molecule has 0 saturated heterocycles. The molecule has 148 valence electrons. The van der Waals surface area contributed by atoms with E-state index >= 15 is 0 Å². The molecular weight excluding hydrogens is 366 g/mol. The zero-order valence-electron chi connectivity index (χ0n) is 16.1. The third-order valence-corrected chi connectivity index (χ3v) is 5.27. The Morgan fingerprint density at radius 2 is 2.04 bits per heavy atom. The normalized spacial score (nSPS) is 19.2. The number of allylic oxidation sites excluding steroid dienone is 3. The highest BCUT2D eigenvalue weighted by atomic mass is 19.2. The molecule has 1 saturated carbocycles. The number of nitrogens with zero attached hydrogens (tertiary/aromatic N) is 1. The standard InChI is InChI=1S/C21H22F2N2O3/c1-11-14(10-24)17(13-7-8-15(22)19(23)20(13)27-2)18(21(26)28-3)16(25-11)9-6-12-4-5-12/h7-8,12,17,25H,4-6,9H2,1-3H3. The number of carbonyl (C=O) groups excluding carboxylic acids is 1. The number of halogens is 2. The van der Waals surface area contributed by atoms with E-state index in [0.717, 1.165) is 12.5 Å². The molecule has 0 spiro atoms.